The molecule has 7 rings (SSSR count). The molecule has 54 heavy (non-hydrogen) atoms. The number of anilines is 1. The van der Waals surface area contributed by atoms with Crippen LogP contribution in [0.3, 0.4) is 0 Å². The van der Waals surface area contributed by atoms with Gasteiger partial charge in [-0.3, -0.25) is 19.4 Å². The standard InChI is InChI=1S/C43H48N6O4S/c1-3-48(4-2)40(34-10-6-5-7-11-34)43(51)49-23-9-14-39(49)41-44-29-38(46-41)33-19-17-32(18-20-33)35-12-8-13-36(28-35)42(50)45-37-21-15-31(16-22-37)30-47-24-26-54(52,53)27-25-47/h5-8,10-13,15-22,28-29,39-40H,3-4,9,14,23-27,30H2,1-2H3,(H,44,46)(H,45,50). The van der Waals surface area contributed by atoms with Gasteiger partial charge in [-0.05, 0) is 78.0 Å². The number of aromatic amines is 1. The number of nitrogens with one attached hydrogen (secondary N) is 2. The third-order valence-corrected chi connectivity index (χ3v) is 12.3. The summed E-state index contributed by atoms with van der Waals surface area (Å²) >= 11 is 0. The second kappa shape index (κ2) is 16.5. The molecule has 0 saturated carbocycles. The van der Waals surface area contributed by atoms with E-state index in [2.05, 4.69) is 33.9 Å². The minimum atomic E-state index is -2.91. The largest absolute Gasteiger partial charge is 0.340 e. The number of imidazole rings is 1. The van der Waals surface area contributed by atoms with Crippen molar-refractivity contribution < 1.29 is 18.0 Å². The summed E-state index contributed by atoms with van der Waals surface area (Å²) in [5, 5.41) is 3.00. The number of amides is 2. The first-order valence-electron chi connectivity index (χ1n) is 18.9. The van der Waals surface area contributed by atoms with E-state index in [0.717, 1.165) is 65.3 Å². The molecule has 2 fully saturated rings. The van der Waals surface area contributed by atoms with Gasteiger partial charge in [0.05, 0.1) is 29.4 Å². The molecule has 10 nitrogen and oxygen atoms in total. The fraction of sp³-hybridized carbons (Fsp3) is 0.326. The molecule has 2 saturated heterocycles. The van der Waals surface area contributed by atoms with E-state index in [1.807, 2.05) is 108 Å². The van der Waals surface area contributed by atoms with Crippen molar-refractivity contribution in [3.8, 4) is 22.4 Å². The van der Waals surface area contributed by atoms with Gasteiger partial charge in [0.25, 0.3) is 5.91 Å². The lowest BCUT2D eigenvalue weighted by atomic mass is 10.0. The lowest BCUT2D eigenvalue weighted by molar-refractivity contribution is -0.138. The number of hydrogen-bond acceptors (Lipinski definition) is 7. The number of nitrogens with zero attached hydrogens (tertiary/aromatic N) is 4. The van der Waals surface area contributed by atoms with Crippen LogP contribution in [0.4, 0.5) is 5.69 Å². The molecule has 0 spiro atoms. The molecule has 0 bridgehead atoms. The molecule has 0 radical (unpaired) electrons. The summed E-state index contributed by atoms with van der Waals surface area (Å²) in [6.07, 6.45) is 3.64. The fourth-order valence-electron chi connectivity index (χ4n) is 7.60. The van der Waals surface area contributed by atoms with E-state index in [9.17, 15) is 18.0 Å². The molecule has 280 valence electrons. The third kappa shape index (κ3) is 8.49. The van der Waals surface area contributed by atoms with Gasteiger partial charge in [0.1, 0.15) is 11.9 Å². The van der Waals surface area contributed by atoms with Crippen molar-refractivity contribution in [2.24, 2.45) is 0 Å². The average Bonchev–Trinajstić information content (AvgIpc) is 3.90. The molecule has 2 aliphatic rings. The molecule has 2 atom stereocenters. The van der Waals surface area contributed by atoms with Crippen molar-refractivity contribution in [3.05, 3.63) is 132 Å². The van der Waals surface area contributed by atoms with Crippen LogP contribution in [0.1, 0.15) is 66.1 Å². The molecule has 2 unspecified atom stereocenters. The molecule has 0 aliphatic carbocycles. The Morgan fingerprint density at radius 3 is 2.26 bits per heavy atom. The molecule has 5 aromatic rings. The summed E-state index contributed by atoms with van der Waals surface area (Å²) in [6, 6.07) is 33.1. The fourth-order valence-corrected chi connectivity index (χ4v) is 8.88. The SMILES string of the molecule is CCN(CC)C(C(=O)N1CCCC1c1ncc(-c2ccc(-c3cccc(C(=O)Nc4ccc(CN5CCS(=O)(=O)CC5)cc4)c3)cc2)[nH]1)c1ccccc1. The Hall–Kier alpha value is -5.10. The maximum absolute atomic E-state index is 14.2. The first-order chi connectivity index (χ1) is 26.2. The Balaban J connectivity index is 0.993. The first-order valence-corrected chi connectivity index (χ1v) is 20.7. The molecule has 1 aromatic heterocycles. The topological polar surface area (TPSA) is 119 Å². The number of H-pyrrole nitrogens is 1. The van der Waals surface area contributed by atoms with E-state index in [1.54, 1.807) is 6.07 Å². The van der Waals surface area contributed by atoms with Gasteiger partial charge in [0.2, 0.25) is 5.91 Å². The normalized spacial score (nSPS) is 17.8. The summed E-state index contributed by atoms with van der Waals surface area (Å²) in [7, 11) is -2.91. The maximum atomic E-state index is 14.2. The zero-order valence-corrected chi connectivity index (χ0v) is 31.8. The van der Waals surface area contributed by atoms with Crippen LogP contribution < -0.4 is 5.32 Å². The Morgan fingerprint density at radius 1 is 0.852 bits per heavy atom. The highest BCUT2D eigenvalue weighted by Crippen LogP contribution is 2.36. The summed E-state index contributed by atoms with van der Waals surface area (Å²) in [5.41, 5.74) is 7.13. The van der Waals surface area contributed by atoms with Gasteiger partial charge in [0, 0.05) is 37.4 Å². The number of aromatic nitrogens is 2. The quantitative estimate of drug-likeness (QED) is 0.142. The minimum Gasteiger partial charge on any atom is -0.340 e. The second-order valence-corrected chi connectivity index (χ2v) is 16.4. The Kier molecular flexibility index (Phi) is 11.4. The highest BCUT2D eigenvalue weighted by atomic mass is 32.2. The second-order valence-electron chi connectivity index (χ2n) is 14.1. The minimum absolute atomic E-state index is 0.109. The lowest BCUT2D eigenvalue weighted by Gasteiger charge is -2.34. The van der Waals surface area contributed by atoms with Gasteiger partial charge in [-0.2, -0.15) is 0 Å². The van der Waals surface area contributed by atoms with E-state index in [0.29, 0.717) is 37.4 Å². The molecule has 2 N–H and O–H groups in total. The van der Waals surface area contributed by atoms with Crippen molar-refractivity contribution in [3.63, 3.8) is 0 Å². The predicted octanol–water partition coefficient (Wildman–Crippen LogP) is 6.97. The van der Waals surface area contributed by atoms with Crippen LogP contribution in [0.2, 0.25) is 0 Å². The van der Waals surface area contributed by atoms with E-state index >= 15 is 0 Å². The van der Waals surface area contributed by atoms with Crippen LogP contribution in [0.5, 0.6) is 0 Å². The third-order valence-electron chi connectivity index (χ3n) is 10.7. The highest BCUT2D eigenvalue weighted by molar-refractivity contribution is 7.91. The molecule has 4 aromatic carbocycles. The molecule has 3 heterocycles. The summed E-state index contributed by atoms with van der Waals surface area (Å²) in [5.74, 6) is 1.13. The van der Waals surface area contributed by atoms with Crippen LogP contribution in [0.25, 0.3) is 22.4 Å². The van der Waals surface area contributed by atoms with Gasteiger partial charge in [-0.25, -0.2) is 13.4 Å². The number of sulfone groups is 1. The van der Waals surface area contributed by atoms with Crippen molar-refractivity contribution in [2.45, 2.75) is 45.3 Å². The zero-order valence-electron chi connectivity index (χ0n) is 30.9. The maximum Gasteiger partial charge on any atom is 0.255 e. The number of benzene rings is 4. The number of likely N-dealkylation sites (N-methyl/N-ethyl adjacent to an activating group) is 1. The van der Waals surface area contributed by atoms with Crippen molar-refractivity contribution in [2.75, 3.05) is 49.5 Å². The summed E-state index contributed by atoms with van der Waals surface area (Å²) in [4.78, 5) is 42.1. The molecular weight excluding hydrogens is 697 g/mol. The van der Waals surface area contributed by atoms with E-state index in [1.165, 1.54) is 0 Å². The average molecular weight is 745 g/mol. The van der Waals surface area contributed by atoms with Crippen LogP contribution >= 0.6 is 0 Å². The smallest absolute Gasteiger partial charge is 0.255 e. The number of likely N-dealkylation sites (tertiary alicyclic amines) is 1. The van der Waals surface area contributed by atoms with Gasteiger partial charge < -0.3 is 15.2 Å². The number of hydrogen-bond donors (Lipinski definition) is 2. The van der Waals surface area contributed by atoms with E-state index in [4.69, 9.17) is 4.98 Å². The van der Waals surface area contributed by atoms with E-state index in [-0.39, 0.29) is 35.4 Å². The molecule has 2 aliphatic heterocycles. The Labute approximate surface area is 318 Å². The van der Waals surface area contributed by atoms with Gasteiger partial charge in [-0.15, -0.1) is 0 Å². The monoisotopic (exact) mass is 744 g/mol. The number of rotatable bonds is 12. The van der Waals surface area contributed by atoms with Crippen molar-refractivity contribution in [1.29, 1.82) is 0 Å². The van der Waals surface area contributed by atoms with E-state index < -0.39 is 9.84 Å². The Bertz CT molecular complexity index is 2150. The van der Waals surface area contributed by atoms with Crippen LogP contribution in [-0.4, -0.2) is 89.1 Å². The number of carbonyl (C=O) groups excluding carboxylic acids is 2. The van der Waals surface area contributed by atoms with Gasteiger partial charge in [-0.1, -0.05) is 92.7 Å². The van der Waals surface area contributed by atoms with Gasteiger partial charge in [0.15, 0.2) is 9.84 Å². The summed E-state index contributed by atoms with van der Waals surface area (Å²) < 4.78 is 23.5. The van der Waals surface area contributed by atoms with Gasteiger partial charge >= 0.3 is 0 Å². The zero-order chi connectivity index (χ0) is 37.7. The number of carbonyl (C=O) groups is 2. The van der Waals surface area contributed by atoms with Crippen LogP contribution in [0.15, 0.2) is 109 Å². The van der Waals surface area contributed by atoms with Crippen molar-refractivity contribution in [1.82, 2.24) is 24.7 Å². The predicted molar refractivity (Wildman–Crippen MR) is 214 cm³/mol. The van der Waals surface area contributed by atoms with Crippen LogP contribution in [-0.2, 0) is 21.2 Å². The Morgan fingerprint density at radius 2 is 1.56 bits per heavy atom. The lowest BCUT2D eigenvalue weighted by Crippen LogP contribution is -2.43. The molecule has 11 heteroatoms. The summed E-state index contributed by atoms with van der Waals surface area (Å²) in [6.45, 7) is 8.24. The molecule has 2 amide bonds. The van der Waals surface area contributed by atoms with Crippen molar-refractivity contribution >= 4 is 27.3 Å². The molecular formula is C43H48N6O4S. The first kappa shape index (κ1) is 37.2. The van der Waals surface area contributed by atoms with Crippen LogP contribution in [0, 0.1) is 0 Å². The highest BCUT2D eigenvalue weighted by Gasteiger charge is 2.38.